The molecule has 0 bridgehead atoms. The normalized spacial score (nSPS) is 17.5. The molecule has 0 radical (unpaired) electrons. The monoisotopic (exact) mass is 405 g/mol. The third-order valence-corrected chi connectivity index (χ3v) is 3.67. The first-order chi connectivity index (χ1) is 9.52. The summed E-state index contributed by atoms with van der Waals surface area (Å²) < 4.78 is 13.6. The highest BCUT2D eigenvalue weighted by Gasteiger charge is 2.30. The molecule has 0 aliphatic carbocycles. The molecule has 0 atom stereocenters. The van der Waals surface area contributed by atoms with E-state index in [1.165, 1.54) is 6.07 Å². The van der Waals surface area contributed by atoms with Gasteiger partial charge in [0.05, 0.1) is 6.54 Å². The summed E-state index contributed by atoms with van der Waals surface area (Å²) in [6.07, 6.45) is 1.16. The zero-order valence-corrected chi connectivity index (χ0v) is 15.4. The van der Waals surface area contributed by atoms with E-state index < -0.39 is 0 Å². The minimum absolute atomic E-state index is 0. The molecule has 21 heavy (non-hydrogen) atoms. The van der Waals surface area contributed by atoms with Crippen LogP contribution in [0.4, 0.5) is 4.39 Å². The molecule has 0 unspecified atom stereocenters. The van der Waals surface area contributed by atoms with Crippen LogP contribution in [0.5, 0.6) is 0 Å². The molecule has 1 N–H and O–H groups in total. The molecular formula is C16H25FIN3. The van der Waals surface area contributed by atoms with E-state index in [9.17, 15) is 4.39 Å². The summed E-state index contributed by atoms with van der Waals surface area (Å²) in [7, 11) is 0. The second kappa shape index (κ2) is 7.96. The van der Waals surface area contributed by atoms with E-state index in [-0.39, 0.29) is 29.8 Å². The molecule has 1 aromatic rings. The van der Waals surface area contributed by atoms with Crippen LogP contribution in [0.3, 0.4) is 0 Å². The minimum Gasteiger partial charge on any atom is -0.357 e. The van der Waals surface area contributed by atoms with Crippen molar-refractivity contribution in [3.8, 4) is 0 Å². The smallest absolute Gasteiger partial charge is 0.194 e. The number of likely N-dealkylation sites (tertiary alicyclic amines) is 1. The van der Waals surface area contributed by atoms with Crippen molar-refractivity contribution in [2.24, 2.45) is 10.4 Å². The molecule has 0 aromatic heterocycles. The number of nitrogens with zero attached hydrogens (tertiary/aromatic N) is 2. The van der Waals surface area contributed by atoms with Gasteiger partial charge in [0, 0.05) is 25.2 Å². The van der Waals surface area contributed by atoms with Gasteiger partial charge in [0.2, 0.25) is 0 Å². The average molecular weight is 405 g/mol. The largest absolute Gasteiger partial charge is 0.357 e. The summed E-state index contributed by atoms with van der Waals surface area (Å²) in [5.74, 6) is 0.704. The van der Waals surface area contributed by atoms with Crippen molar-refractivity contribution in [2.45, 2.75) is 33.7 Å². The predicted molar refractivity (Wildman–Crippen MR) is 96.6 cm³/mol. The third kappa shape index (κ3) is 5.13. The molecule has 118 valence electrons. The van der Waals surface area contributed by atoms with Gasteiger partial charge in [-0.2, -0.15) is 0 Å². The Hall–Kier alpha value is -0.850. The van der Waals surface area contributed by atoms with Gasteiger partial charge in [0.25, 0.3) is 0 Å². The first-order valence-corrected chi connectivity index (χ1v) is 7.28. The molecule has 1 aliphatic rings. The number of hydrogen-bond donors (Lipinski definition) is 1. The maximum absolute atomic E-state index is 13.6. The molecule has 1 saturated heterocycles. The van der Waals surface area contributed by atoms with Crippen molar-refractivity contribution in [2.75, 3.05) is 19.6 Å². The van der Waals surface area contributed by atoms with Crippen molar-refractivity contribution in [1.82, 2.24) is 10.2 Å². The van der Waals surface area contributed by atoms with Crippen LogP contribution >= 0.6 is 24.0 Å². The maximum Gasteiger partial charge on any atom is 0.194 e. The third-order valence-electron chi connectivity index (χ3n) is 3.67. The summed E-state index contributed by atoms with van der Waals surface area (Å²) >= 11 is 0. The van der Waals surface area contributed by atoms with Gasteiger partial charge in [-0.1, -0.05) is 32.0 Å². The minimum atomic E-state index is -0.186. The van der Waals surface area contributed by atoms with Gasteiger partial charge in [-0.3, -0.25) is 0 Å². The quantitative estimate of drug-likeness (QED) is 0.473. The van der Waals surface area contributed by atoms with Crippen molar-refractivity contribution < 1.29 is 4.39 Å². The van der Waals surface area contributed by atoms with Crippen molar-refractivity contribution >= 4 is 29.9 Å². The fourth-order valence-corrected chi connectivity index (χ4v) is 2.51. The summed E-state index contributed by atoms with van der Waals surface area (Å²) in [5.41, 5.74) is 0.968. The second-order valence-corrected chi connectivity index (χ2v) is 6.10. The molecule has 0 saturated carbocycles. The van der Waals surface area contributed by atoms with Gasteiger partial charge < -0.3 is 10.2 Å². The lowest BCUT2D eigenvalue weighted by Crippen LogP contribution is -2.40. The van der Waals surface area contributed by atoms with E-state index >= 15 is 0 Å². The number of guanidine groups is 1. The lowest BCUT2D eigenvalue weighted by molar-refractivity contribution is 0.370. The molecule has 5 heteroatoms. The Labute approximate surface area is 144 Å². The van der Waals surface area contributed by atoms with E-state index in [2.05, 4.69) is 36.0 Å². The molecule has 0 spiro atoms. The highest BCUT2D eigenvalue weighted by Crippen LogP contribution is 2.28. The SMILES string of the molecule is CCNC(=NCc1ccccc1F)N1CCC(C)(C)C1.I. The number of benzene rings is 1. The molecule has 2 rings (SSSR count). The molecule has 1 heterocycles. The molecule has 3 nitrogen and oxygen atoms in total. The Morgan fingerprint density at radius 2 is 2.10 bits per heavy atom. The van der Waals surface area contributed by atoms with Gasteiger partial charge in [0.1, 0.15) is 5.82 Å². The fraction of sp³-hybridized carbons (Fsp3) is 0.562. The number of hydrogen-bond acceptors (Lipinski definition) is 1. The summed E-state index contributed by atoms with van der Waals surface area (Å²) in [5, 5.41) is 3.31. The highest BCUT2D eigenvalue weighted by molar-refractivity contribution is 14.0. The summed E-state index contributed by atoms with van der Waals surface area (Å²) in [4.78, 5) is 6.85. The average Bonchev–Trinajstić information content (AvgIpc) is 2.76. The maximum atomic E-state index is 13.6. The molecule has 0 amide bonds. The summed E-state index contributed by atoms with van der Waals surface area (Å²) in [6.45, 7) is 9.81. The molecule has 1 aromatic carbocycles. The number of nitrogens with one attached hydrogen (secondary N) is 1. The standard InChI is InChI=1S/C16H24FN3.HI/c1-4-18-15(20-10-9-16(2,3)12-20)19-11-13-7-5-6-8-14(13)17;/h5-8H,4,9-12H2,1-3H3,(H,18,19);1H. The van der Waals surface area contributed by atoms with Gasteiger partial charge in [0.15, 0.2) is 5.96 Å². The van der Waals surface area contributed by atoms with Crippen LogP contribution in [-0.2, 0) is 6.54 Å². The lowest BCUT2D eigenvalue weighted by atomic mass is 9.93. The molecule has 1 aliphatic heterocycles. The number of rotatable bonds is 3. The van der Waals surface area contributed by atoms with Gasteiger partial charge in [-0.15, -0.1) is 24.0 Å². The molecule has 1 fully saturated rings. The number of aliphatic imine (C=N–C) groups is 1. The van der Waals surface area contributed by atoms with Crippen LogP contribution in [0, 0.1) is 11.2 Å². The zero-order chi connectivity index (χ0) is 14.6. The van der Waals surface area contributed by atoms with Crippen LogP contribution in [0.1, 0.15) is 32.8 Å². The topological polar surface area (TPSA) is 27.6 Å². The van der Waals surface area contributed by atoms with Crippen molar-refractivity contribution in [3.63, 3.8) is 0 Å². The van der Waals surface area contributed by atoms with Gasteiger partial charge >= 0.3 is 0 Å². The Bertz CT molecular complexity index is 488. The van der Waals surface area contributed by atoms with Crippen LogP contribution in [0.25, 0.3) is 0 Å². The van der Waals surface area contributed by atoms with E-state index in [4.69, 9.17) is 0 Å². The van der Waals surface area contributed by atoms with Crippen molar-refractivity contribution in [1.29, 1.82) is 0 Å². The van der Waals surface area contributed by atoms with Crippen LogP contribution in [0.2, 0.25) is 0 Å². The zero-order valence-electron chi connectivity index (χ0n) is 13.0. The second-order valence-electron chi connectivity index (χ2n) is 6.10. The van der Waals surface area contributed by atoms with E-state index in [1.54, 1.807) is 12.1 Å². The summed E-state index contributed by atoms with van der Waals surface area (Å²) in [6, 6.07) is 6.82. The first-order valence-electron chi connectivity index (χ1n) is 7.28. The fourth-order valence-electron chi connectivity index (χ4n) is 2.51. The highest BCUT2D eigenvalue weighted by atomic mass is 127. The van der Waals surface area contributed by atoms with E-state index in [0.717, 1.165) is 32.0 Å². The van der Waals surface area contributed by atoms with Crippen molar-refractivity contribution in [3.05, 3.63) is 35.6 Å². The first kappa shape index (κ1) is 18.2. The number of halogens is 2. The Kier molecular flexibility index (Phi) is 6.90. The van der Waals surface area contributed by atoms with E-state index in [1.807, 2.05) is 6.07 Å². The Morgan fingerprint density at radius 3 is 2.67 bits per heavy atom. The van der Waals surface area contributed by atoms with E-state index in [0.29, 0.717) is 17.5 Å². The predicted octanol–water partition coefficient (Wildman–Crippen LogP) is 3.64. The van der Waals surface area contributed by atoms with Crippen LogP contribution in [-0.4, -0.2) is 30.5 Å². The molecular weight excluding hydrogens is 380 g/mol. The van der Waals surface area contributed by atoms with Gasteiger partial charge in [-0.25, -0.2) is 9.38 Å². The van der Waals surface area contributed by atoms with Crippen LogP contribution in [0.15, 0.2) is 29.3 Å². The van der Waals surface area contributed by atoms with Gasteiger partial charge in [-0.05, 0) is 24.8 Å². The van der Waals surface area contributed by atoms with Crippen LogP contribution < -0.4 is 5.32 Å². The lowest BCUT2D eigenvalue weighted by Gasteiger charge is -2.23. The Balaban J connectivity index is 0.00000220. The Morgan fingerprint density at radius 1 is 1.38 bits per heavy atom.